The molecule has 2 heterocycles. The predicted octanol–water partition coefficient (Wildman–Crippen LogP) is 2.07. The lowest BCUT2D eigenvalue weighted by atomic mass is 9.96. The maximum absolute atomic E-state index is 12.5. The molecule has 1 aliphatic heterocycles. The Kier molecular flexibility index (Phi) is 4.34. The van der Waals surface area contributed by atoms with Crippen LogP contribution in [0.25, 0.3) is 11.3 Å². The quantitative estimate of drug-likeness (QED) is 0.901. The number of piperidine rings is 1. The molecular formula is C16H17ClN4O2. The third kappa shape index (κ3) is 3.37. The number of carbonyl (C=O) groups is 2. The molecule has 1 aliphatic rings. The fourth-order valence-corrected chi connectivity index (χ4v) is 2.95. The highest BCUT2D eigenvalue weighted by atomic mass is 35.5. The van der Waals surface area contributed by atoms with E-state index < -0.39 is 0 Å². The van der Waals surface area contributed by atoms with E-state index in [4.69, 9.17) is 17.3 Å². The van der Waals surface area contributed by atoms with Gasteiger partial charge >= 0.3 is 0 Å². The van der Waals surface area contributed by atoms with Crippen molar-refractivity contribution in [2.45, 2.75) is 12.8 Å². The molecule has 7 heteroatoms. The Morgan fingerprint density at radius 1 is 1.26 bits per heavy atom. The second kappa shape index (κ2) is 6.42. The molecule has 3 rings (SSSR count). The number of nitrogens with zero attached hydrogens (tertiary/aromatic N) is 2. The highest BCUT2D eigenvalue weighted by Crippen LogP contribution is 2.23. The lowest BCUT2D eigenvalue weighted by molar-refractivity contribution is -0.123. The van der Waals surface area contributed by atoms with Gasteiger partial charge < -0.3 is 10.6 Å². The van der Waals surface area contributed by atoms with Crippen molar-refractivity contribution in [3.63, 3.8) is 0 Å². The lowest BCUT2D eigenvalue weighted by Gasteiger charge is -2.30. The van der Waals surface area contributed by atoms with Gasteiger partial charge in [0.15, 0.2) is 0 Å². The fourth-order valence-electron chi connectivity index (χ4n) is 2.76. The van der Waals surface area contributed by atoms with Gasteiger partial charge in [0.25, 0.3) is 5.91 Å². The molecule has 120 valence electrons. The molecule has 0 atom stereocenters. The number of hydrogen-bond donors (Lipinski definition) is 2. The number of carbonyl (C=O) groups excluding carboxylic acids is 2. The van der Waals surface area contributed by atoms with E-state index in [-0.39, 0.29) is 17.7 Å². The second-order valence-corrected chi connectivity index (χ2v) is 6.08. The number of amides is 2. The molecule has 0 bridgehead atoms. The van der Waals surface area contributed by atoms with E-state index in [1.165, 1.54) is 0 Å². The minimum absolute atomic E-state index is 0.117. The van der Waals surface area contributed by atoms with Crippen LogP contribution in [0.2, 0.25) is 5.02 Å². The SMILES string of the molecule is NC(=O)C1CCN(C(=O)c2cc(-c3cccc(Cl)c3)n[nH]2)CC1. The van der Waals surface area contributed by atoms with Gasteiger partial charge in [-0.3, -0.25) is 14.7 Å². The minimum Gasteiger partial charge on any atom is -0.369 e. The minimum atomic E-state index is -0.290. The molecule has 1 aromatic carbocycles. The first-order valence-corrected chi connectivity index (χ1v) is 7.82. The average molecular weight is 333 g/mol. The molecular weight excluding hydrogens is 316 g/mol. The molecule has 1 saturated heterocycles. The Labute approximate surface area is 138 Å². The molecule has 2 aromatic rings. The van der Waals surface area contributed by atoms with Gasteiger partial charge in [0, 0.05) is 29.6 Å². The van der Waals surface area contributed by atoms with Crippen molar-refractivity contribution in [1.29, 1.82) is 0 Å². The van der Waals surface area contributed by atoms with Crippen molar-refractivity contribution in [2.75, 3.05) is 13.1 Å². The molecule has 1 aromatic heterocycles. The molecule has 1 fully saturated rings. The summed E-state index contributed by atoms with van der Waals surface area (Å²) in [6, 6.07) is 9.02. The highest BCUT2D eigenvalue weighted by Gasteiger charge is 2.27. The number of hydrogen-bond acceptors (Lipinski definition) is 3. The molecule has 0 spiro atoms. The number of aromatic amines is 1. The first-order valence-electron chi connectivity index (χ1n) is 7.44. The molecule has 0 unspecified atom stereocenters. The fraction of sp³-hybridized carbons (Fsp3) is 0.312. The number of aromatic nitrogens is 2. The number of likely N-dealkylation sites (tertiary alicyclic amines) is 1. The lowest BCUT2D eigenvalue weighted by Crippen LogP contribution is -2.41. The van der Waals surface area contributed by atoms with Gasteiger partial charge in [0.2, 0.25) is 5.91 Å². The smallest absolute Gasteiger partial charge is 0.271 e. The summed E-state index contributed by atoms with van der Waals surface area (Å²) in [5.74, 6) is -0.543. The highest BCUT2D eigenvalue weighted by molar-refractivity contribution is 6.30. The van der Waals surface area contributed by atoms with Gasteiger partial charge in [-0.25, -0.2) is 0 Å². The van der Waals surface area contributed by atoms with Crippen molar-refractivity contribution < 1.29 is 9.59 Å². The number of nitrogens with one attached hydrogen (secondary N) is 1. The van der Waals surface area contributed by atoms with Crippen LogP contribution < -0.4 is 5.73 Å². The largest absolute Gasteiger partial charge is 0.369 e. The van der Waals surface area contributed by atoms with Crippen LogP contribution in [0.5, 0.6) is 0 Å². The van der Waals surface area contributed by atoms with Crippen LogP contribution in [0.3, 0.4) is 0 Å². The van der Waals surface area contributed by atoms with Crippen LogP contribution in [0.4, 0.5) is 0 Å². The zero-order valence-electron chi connectivity index (χ0n) is 12.5. The van der Waals surface area contributed by atoms with Crippen LogP contribution >= 0.6 is 11.6 Å². The van der Waals surface area contributed by atoms with Gasteiger partial charge in [-0.15, -0.1) is 0 Å². The molecule has 0 aliphatic carbocycles. The molecule has 6 nitrogen and oxygen atoms in total. The Balaban J connectivity index is 1.71. The Morgan fingerprint density at radius 3 is 2.65 bits per heavy atom. The van der Waals surface area contributed by atoms with Crippen molar-refractivity contribution in [3.8, 4) is 11.3 Å². The second-order valence-electron chi connectivity index (χ2n) is 5.65. The topological polar surface area (TPSA) is 92.1 Å². The summed E-state index contributed by atoms with van der Waals surface area (Å²) in [6.45, 7) is 1.05. The Morgan fingerprint density at radius 2 is 2.00 bits per heavy atom. The third-order valence-electron chi connectivity index (χ3n) is 4.11. The summed E-state index contributed by atoms with van der Waals surface area (Å²) in [5, 5.41) is 7.58. The van der Waals surface area contributed by atoms with Crippen molar-refractivity contribution >= 4 is 23.4 Å². The van der Waals surface area contributed by atoms with Crippen molar-refractivity contribution in [2.24, 2.45) is 11.7 Å². The number of rotatable bonds is 3. The summed E-state index contributed by atoms with van der Waals surface area (Å²) < 4.78 is 0. The standard InChI is InChI=1S/C16H17ClN4O2/c17-12-3-1-2-11(8-12)13-9-14(20-19-13)16(23)21-6-4-10(5-7-21)15(18)22/h1-3,8-10H,4-7H2,(H2,18,22)(H,19,20). The first-order chi connectivity index (χ1) is 11.0. The van der Waals surface area contributed by atoms with E-state index in [1.54, 1.807) is 23.1 Å². The summed E-state index contributed by atoms with van der Waals surface area (Å²) in [4.78, 5) is 25.4. The Hall–Kier alpha value is -2.34. The number of halogens is 1. The van der Waals surface area contributed by atoms with E-state index >= 15 is 0 Å². The first kappa shape index (κ1) is 15.6. The van der Waals surface area contributed by atoms with Gasteiger partial charge in [-0.05, 0) is 31.0 Å². The maximum atomic E-state index is 12.5. The molecule has 3 N–H and O–H groups in total. The van der Waals surface area contributed by atoms with Crippen LogP contribution in [-0.4, -0.2) is 40.0 Å². The van der Waals surface area contributed by atoms with Crippen LogP contribution in [0.1, 0.15) is 23.3 Å². The van der Waals surface area contributed by atoms with Crippen LogP contribution in [0, 0.1) is 5.92 Å². The zero-order valence-corrected chi connectivity index (χ0v) is 13.2. The average Bonchev–Trinajstić information content (AvgIpc) is 3.04. The molecule has 23 heavy (non-hydrogen) atoms. The van der Waals surface area contributed by atoms with Gasteiger partial charge in [0.1, 0.15) is 5.69 Å². The summed E-state index contributed by atoms with van der Waals surface area (Å²) in [6.07, 6.45) is 1.22. The number of H-pyrrole nitrogens is 1. The monoisotopic (exact) mass is 332 g/mol. The molecule has 0 saturated carbocycles. The number of nitrogens with two attached hydrogens (primary N) is 1. The van der Waals surface area contributed by atoms with E-state index in [0.29, 0.717) is 42.3 Å². The number of primary amides is 1. The maximum Gasteiger partial charge on any atom is 0.271 e. The third-order valence-corrected chi connectivity index (χ3v) is 4.35. The Bertz CT molecular complexity index is 735. The summed E-state index contributed by atoms with van der Waals surface area (Å²) >= 11 is 5.97. The molecule has 0 radical (unpaired) electrons. The van der Waals surface area contributed by atoms with E-state index in [2.05, 4.69) is 10.2 Å². The normalized spacial score (nSPS) is 15.6. The van der Waals surface area contributed by atoms with Crippen molar-refractivity contribution in [3.05, 3.63) is 41.0 Å². The van der Waals surface area contributed by atoms with Gasteiger partial charge in [-0.2, -0.15) is 5.10 Å². The number of benzene rings is 1. The zero-order chi connectivity index (χ0) is 16.4. The summed E-state index contributed by atoms with van der Waals surface area (Å²) in [7, 11) is 0. The molecule has 2 amide bonds. The van der Waals surface area contributed by atoms with E-state index in [1.807, 2.05) is 12.1 Å². The predicted molar refractivity (Wildman–Crippen MR) is 86.9 cm³/mol. The van der Waals surface area contributed by atoms with E-state index in [9.17, 15) is 9.59 Å². The van der Waals surface area contributed by atoms with Crippen molar-refractivity contribution in [1.82, 2.24) is 15.1 Å². The van der Waals surface area contributed by atoms with Crippen LogP contribution in [0.15, 0.2) is 30.3 Å². The van der Waals surface area contributed by atoms with Gasteiger partial charge in [0.05, 0.1) is 5.69 Å². The summed E-state index contributed by atoms with van der Waals surface area (Å²) in [5.41, 5.74) is 7.26. The van der Waals surface area contributed by atoms with Crippen LogP contribution in [-0.2, 0) is 4.79 Å². The van der Waals surface area contributed by atoms with E-state index in [0.717, 1.165) is 5.56 Å². The van der Waals surface area contributed by atoms with Gasteiger partial charge in [-0.1, -0.05) is 23.7 Å².